The number of nitrogens with two attached hydrogens (primary N) is 1. The van der Waals surface area contributed by atoms with Crippen LogP contribution in [0.25, 0.3) is 0 Å². The number of rotatable bonds is 3. The fourth-order valence-corrected chi connectivity index (χ4v) is 1.89. The first-order valence-corrected chi connectivity index (χ1v) is 5.83. The standard InChI is InChI=1S/C12H16NO6/c13-6-1-3-7(4-2-6)18-11-10(16)9(15)8(5-14)19-12(11)17/h1-4,8-12,14-16H,5,13H2/q-1/t8-,9+,10+,11-,12-/m1/s1. The van der Waals surface area contributed by atoms with Crippen LogP contribution in [0.4, 0.5) is 5.69 Å². The number of aliphatic hydroxyl groups excluding tert-OH is 3. The highest BCUT2D eigenvalue weighted by atomic mass is 16.7. The van der Waals surface area contributed by atoms with Crippen molar-refractivity contribution in [1.29, 1.82) is 0 Å². The molecule has 0 radical (unpaired) electrons. The minimum Gasteiger partial charge on any atom is -0.828 e. The van der Waals surface area contributed by atoms with E-state index >= 15 is 0 Å². The van der Waals surface area contributed by atoms with Gasteiger partial charge in [0.1, 0.15) is 30.2 Å². The maximum atomic E-state index is 11.7. The van der Waals surface area contributed by atoms with Gasteiger partial charge in [0, 0.05) is 12.0 Å². The molecule has 0 amide bonds. The molecule has 5 atom stereocenters. The maximum absolute atomic E-state index is 11.7. The average Bonchev–Trinajstić information content (AvgIpc) is 2.41. The summed E-state index contributed by atoms with van der Waals surface area (Å²) in [5.74, 6) is 0.331. The van der Waals surface area contributed by atoms with E-state index < -0.39 is 37.3 Å². The highest BCUT2D eigenvalue weighted by Crippen LogP contribution is 2.23. The Morgan fingerprint density at radius 3 is 2.42 bits per heavy atom. The molecule has 1 aliphatic rings. The maximum Gasteiger partial charge on any atom is 0.138 e. The molecule has 5 N–H and O–H groups in total. The third-order valence-electron chi connectivity index (χ3n) is 2.98. The molecule has 19 heavy (non-hydrogen) atoms. The lowest BCUT2D eigenvalue weighted by Crippen LogP contribution is -2.64. The molecule has 1 aromatic carbocycles. The largest absolute Gasteiger partial charge is 0.828 e. The molecule has 0 spiro atoms. The van der Waals surface area contributed by atoms with E-state index in [1.54, 1.807) is 24.3 Å². The molecule has 1 aromatic rings. The van der Waals surface area contributed by atoms with E-state index in [0.717, 1.165) is 0 Å². The van der Waals surface area contributed by atoms with E-state index in [1.807, 2.05) is 0 Å². The number of hydrogen-bond acceptors (Lipinski definition) is 7. The zero-order valence-corrected chi connectivity index (χ0v) is 10.0. The molecule has 0 aromatic heterocycles. The van der Waals surface area contributed by atoms with Gasteiger partial charge in [-0.2, -0.15) is 0 Å². The quantitative estimate of drug-likeness (QED) is 0.459. The third-order valence-corrected chi connectivity index (χ3v) is 2.98. The first-order valence-electron chi connectivity index (χ1n) is 5.83. The summed E-state index contributed by atoms with van der Waals surface area (Å²) in [5, 5.41) is 40.1. The predicted molar refractivity (Wildman–Crippen MR) is 63.0 cm³/mol. The number of ether oxygens (including phenoxy) is 2. The smallest absolute Gasteiger partial charge is 0.138 e. The number of anilines is 1. The van der Waals surface area contributed by atoms with Crippen LogP contribution in [0.5, 0.6) is 5.75 Å². The van der Waals surface area contributed by atoms with Gasteiger partial charge in [-0.1, -0.05) is 0 Å². The molecule has 0 saturated carbocycles. The van der Waals surface area contributed by atoms with Crippen LogP contribution in [-0.2, 0) is 4.74 Å². The molecule has 2 rings (SSSR count). The summed E-state index contributed by atoms with van der Waals surface area (Å²) in [6.45, 7) is -0.550. The van der Waals surface area contributed by atoms with Gasteiger partial charge in [-0.15, -0.1) is 0 Å². The highest BCUT2D eigenvalue weighted by molar-refractivity contribution is 5.41. The van der Waals surface area contributed by atoms with Crippen molar-refractivity contribution < 1.29 is 29.9 Å². The van der Waals surface area contributed by atoms with Crippen molar-refractivity contribution in [3.63, 3.8) is 0 Å². The molecule has 106 valence electrons. The Morgan fingerprint density at radius 2 is 1.84 bits per heavy atom. The Balaban J connectivity index is 2.09. The SMILES string of the molecule is Nc1ccc(O[C@@H]2[C@@H](O)[C@@H](O)[C@@H](CO)O[C@H]2[O-])cc1. The van der Waals surface area contributed by atoms with E-state index in [2.05, 4.69) is 0 Å². The summed E-state index contributed by atoms with van der Waals surface area (Å²) < 4.78 is 10.2. The molecule has 0 unspecified atom stereocenters. The van der Waals surface area contributed by atoms with Crippen LogP contribution < -0.4 is 15.6 Å². The van der Waals surface area contributed by atoms with Crippen LogP contribution in [0.2, 0.25) is 0 Å². The topological polar surface area (TPSA) is 128 Å². The first kappa shape index (κ1) is 14.0. The van der Waals surface area contributed by atoms with Crippen molar-refractivity contribution >= 4 is 5.69 Å². The highest BCUT2D eigenvalue weighted by Gasteiger charge is 2.41. The van der Waals surface area contributed by atoms with Crippen LogP contribution in [0.3, 0.4) is 0 Å². The Labute approximate surface area is 109 Å². The van der Waals surface area contributed by atoms with Crippen LogP contribution in [0.1, 0.15) is 0 Å². The fraction of sp³-hybridized carbons (Fsp3) is 0.500. The van der Waals surface area contributed by atoms with Crippen molar-refractivity contribution in [2.24, 2.45) is 0 Å². The molecule has 0 aliphatic carbocycles. The average molecular weight is 270 g/mol. The van der Waals surface area contributed by atoms with Gasteiger partial charge >= 0.3 is 0 Å². The fourth-order valence-electron chi connectivity index (χ4n) is 1.89. The molecular formula is C12H16NO6-. The summed E-state index contributed by atoms with van der Waals surface area (Å²) >= 11 is 0. The van der Waals surface area contributed by atoms with E-state index in [4.69, 9.17) is 20.3 Å². The molecule has 1 saturated heterocycles. The lowest BCUT2D eigenvalue weighted by atomic mass is 9.99. The third kappa shape index (κ3) is 2.96. The monoisotopic (exact) mass is 270 g/mol. The summed E-state index contributed by atoms with van der Waals surface area (Å²) in [6.07, 6.45) is -6.89. The predicted octanol–water partition coefficient (Wildman–Crippen LogP) is -2.18. The minimum absolute atomic E-state index is 0.331. The van der Waals surface area contributed by atoms with E-state index in [1.165, 1.54) is 0 Å². The van der Waals surface area contributed by atoms with Crippen molar-refractivity contribution in [1.82, 2.24) is 0 Å². The molecule has 7 nitrogen and oxygen atoms in total. The lowest BCUT2D eigenvalue weighted by molar-refractivity contribution is -0.530. The van der Waals surface area contributed by atoms with E-state index in [9.17, 15) is 15.3 Å². The van der Waals surface area contributed by atoms with E-state index in [0.29, 0.717) is 11.4 Å². The van der Waals surface area contributed by atoms with Gasteiger partial charge < -0.3 is 35.6 Å². The minimum atomic E-state index is -1.70. The van der Waals surface area contributed by atoms with Gasteiger partial charge in [-0.25, -0.2) is 0 Å². The van der Waals surface area contributed by atoms with Gasteiger partial charge in [0.2, 0.25) is 0 Å². The summed E-state index contributed by atoms with van der Waals surface area (Å²) in [4.78, 5) is 0. The zero-order chi connectivity index (χ0) is 14.0. The summed E-state index contributed by atoms with van der Waals surface area (Å²) in [5.41, 5.74) is 6.05. The lowest BCUT2D eigenvalue weighted by Gasteiger charge is -2.45. The second kappa shape index (κ2) is 5.72. The molecule has 1 aliphatic heterocycles. The van der Waals surface area contributed by atoms with Crippen molar-refractivity contribution in [2.45, 2.75) is 30.7 Å². The summed E-state index contributed by atoms with van der Waals surface area (Å²) in [6, 6.07) is 6.24. The Morgan fingerprint density at radius 1 is 1.21 bits per heavy atom. The van der Waals surface area contributed by atoms with Crippen LogP contribution in [0.15, 0.2) is 24.3 Å². The van der Waals surface area contributed by atoms with Crippen LogP contribution in [-0.4, -0.2) is 52.6 Å². The van der Waals surface area contributed by atoms with Gasteiger partial charge in [-0.3, -0.25) is 0 Å². The molecule has 7 heteroatoms. The van der Waals surface area contributed by atoms with Crippen molar-refractivity contribution in [2.75, 3.05) is 12.3 Å². The number of hydrogen-bond donors (Lipinski definition) is 4. The van der Waals surface area contributed by atoms with Gasteiger partial charge in [0.05, 0.1) is 6.61 Å². The first-order chi connectivity index (χ1) is 9.02. The molecule has 0 bridgehead atoms. The number of nitrogen functional groups attached to an aromatic ring is 1. The summed E-state index contributed by atoms with van der Waals surface area (Å²) in [7, 11) is 0. The Hall–Kier alpha value is -1.38. The molecular weight excluding hydrogens is 254 g/mol. The van der Waals surface area contributed by atoms with Gasteiger partial charge in [0.15, 0.2) is 0 Å². The number of aliphatic hydroxyl groups is 3. The van der Waals surface area contributed by atoms with Crippen molar-refractivity contribution in [3.05, 3.63) is 24.3 Å². The molecule has 1 heterocycles. The number of benzene rings is 1. The van der Waals surface area contributed by atoms with Crippen LogP contribution >= 0.6 is 0 Å². The van der Waals surface area contributed by atoms with Gasteiger partial charge in [0.25, 0.3) is 0 Å². The Bertz CT molecular complexity index is 411. The van der Waals surface area contributed by atoms with E-state index in [-0.39, 0.29) is 0 Å². The van der Waals surface area contributed by atoms with Crippen molar-refractivity contribution in [3.8, 4) is 5.75 Å². The normalized spacial score (nSPS) is 35.1. The Kier molecular flexibility index (Phi) is 4.23. The molecule has 1 fully saturated rings. The second-order valence-corrected chi connectivity index (χ2v) is 4.36. The zero-order valence-electron chi connectivity index (χ0n) is 10.0. The van der Waals surface area contributed by atoms with Crippen LogP contribution in [0, 0.1) is 0 Å². The van der Waals surface area contributed by atoms with Gasteiger partial charge in [-0.05, 0) is 24.3 Å². The second-order valence-electron chi connectivity index (χ2n) is 4.36.